The maximum atomic E-state index is 11.7. The lowest BCUT2D eigenvalue weighted by Gasteiger charge is -2.08. The summed E-state index contributed by atoms with van der Waals surface area (Å²) < 4.78 is 27.7. The number of hydrogen-bond acceptors (Lipinski definition) is 4. The summed E-state index contributed by atoms with van der Waals surface area (Å²) in [5.41, 5.74) is 0.742. The lowest BCUT2D eigenvalue weighted by atomic mass is 10.1. The average Bonchev–Trinajstić information content (AvgIpc) is 2.70. The summed E-state index contributed by atoms with van der Waals surface area (Å²) in [6, 6.07) is 5.00. The maximum absolute atomic E-state index is 11.7. The van der Waals surface area contributed by atoms with Gasteiger partial charge in [-0.25, -0.2) is 8.42 Å². The lowest BCUT2D eigenvalue weighted by molar-refractivity contribution is -0.145. The minimum atomic E-state index is -2.96. The van der Waals surface area contributed by atoms with Crippen LogP contribution in [0.1, 0.15) is 18.4 Å². The van der Waals surface area contributed by atoms with Crippen molar-refractivity contribution in [3.05, 3.63) is 33.8 Å². The van der Waals surface area contributed by atoms with Gasteiger partial charge in [0.1, 0.15) is 6.61 Å². The van der Waals surface area contributed by atoms with Crippen molar-refractivity contribution in [2.45, 2.75) is 19.4 Å². The normalized spacial score (nSPS) is 20.8. The third-order valence-electron chi connectivity index (χ3n) is 3.17. The molecule has 1 aliphatic rings. The minimum Gasteiger partial charge on any atom is -0.461 e. The molecule has 0 N–H and O–H groups in total. The highest BCUT2D eigenvalue weighted by Gasteiger charge is 2.29. The van der Waals surface area contributed by atoms with E-state index in [1.165, 1.54) is 0 Å². The number of rotatable bonds is 4. The van der Waals surface area contributed by atoms with Crippen LogP contribution in [0.2, 0.25) is 10.0 Å². The van der Waals surface area contributed by atoms with Crippen LogP contribution in [0, 0.1) is 5.92 Å². The third kappa shape index (κ3) is 4.36. The zero-order chi connectivity index (χ0) is 14.8. The Morgan fingerprint density at radius 1 is 1.30 bits per heavy atom. The van der Waals surface area contributed by atoms with Gasteiger partial charge in [0.2, 0.25) is 0 Å². The van der Waals surface area contributed by atoms with Crippen LogP contribution in [-0.2, 0) is 26.0 Å². The Morgan fingerprint density at radius 3 is 2.65 bits per heavy atom. The van der Waals surface area contributed by atoms with Crippen LogP contribution in [0.3, 0.4) is 0 Å². The van der Waals surface area contributed by atoms with E-state index in [0.717, 1.165) is 5.56 Å². The zero-order valence-corrected chi connectivity index (χ0v) is 13.0. The first-order valence-corrected chi connectivity index (χ1v) is 8.73. The van der Waals surface area contributed by atoms with Crippen LogP contribution in [0.15, 0.2) is 18.2 Å². The molecule has 1 aromatic rings. The zero-order valence-electron chi connectivity index (χ0n) is 10.6. The fraction of sp³-hybridized carbons (Fsp3) is 0.462. The number of esters is 1. The molecule has 7 heteroatoms. The van der Waals surface area contributed by atoms with Gasteiger partial charge in [-0.05, 0) is 30.0 Å². The van der Waals surface area contributed by atoms with E-state index in [-0.39, 0.29) is 30.5 Å². The molecule has 0 unspecified atom stereocenters. The van der Waals surface area contributed by atoms with Gasteiger partial charge in [-0.2, -0.15) is 0 Å². The molecule has 1 heterocycles. The van der Waals surface area contributed by atoms with E-state index in [1.807, 2.05) is 0 Å². The maximum Gasteiger partial charge on any atom is 0.306 e. The Labute approximate surface area is 127 Å². The van der Waals surface area contributed by atoms with Crippen LogP contribution in [0.4, 0.5) is 0 Å². The van der Waals surface area contributed by atoms with E-state index in [9.17, 15) is 13.2 Å². The smallest absolute Gasteiger partial charge is 0.306 e. The van der Waals surface area contributed by atoms with Gasteiger partial charge >= 0.3 is 5.97 Å². The Bertz CT molecular complexity index is 613. The Balaban J connectivity index is 1.82. The van der Waals surface area contributed by atoms with Crippen LogP contribution >= 0.6 is 23.2 Å². The summed E-state index contributed by atoms with van der Waals surface area (Å²) in [4.78, 5) is 11.7. The van der Waals surface area contributed by atoms with Crippen molar-refractivity contribution >= 4 is 39.0 Å². The van der Waals surface area contributed by atoms with Crippen molar-refractivity contribution in [2.24, 2.45) is 5.92 Å². The first-order chi connectivity index (χ1) is 9.35. The molecule has 0 amide bonds. The molecule has 1 aliphatic heterocycles. The van der Waals surface area contributed by atoms with Crippen LogP contribution in [0.25, 0.3) is 0 Å². The average molecular weight is 337 g/mol. The highest BCUT2D eigenvalue weighted by Crippen LogP contribution is 2.24. The van der Waals surface area contributed by atoms with Gasteiger partial charge < -0.3 is 4.74 Å². The Kier molecular flexibility index (Phi) is 4.94. The van der Waals surface area contributed by atoms with Crippen LogP contribution < -0.4 is 0 Å². The molecule has 0 spiro atoms. The van der Waals surface area contributed by atoms with Gasteiger partial charge in [-0.15, -0.1) is 0 Å². The highest BCUT2D eigenvalue weighted by atomic mass is 35.5. The molecule has 1 saturated heterocycles. The molecule has 20 heavy (non-hydrogen) atoms. The van der Waals surface area contributed by atoms with Gasteiger partial charge in [0.15, 0.2) is 9.84 Å². The van der Waals surface area contributed by atoms with Gasteiger partial charge in [0.25, 0.3) is 0 Å². The number of benzene rings is 1. The molecule has 0 radical (unpaired) electrons. The van der Waals surface area contributed by atoms with E-state index in [1.54, 1.807) is 18.2 Å². The molecule has 0 bridgehead atoms. The van der Waals surface area contributed by atoms with Crippen molar-refractivity contribution < 1.29 is 17.9 Å². The van der Waals surface area contributed by atoms with E-state index in [4.69, 9.17) is 27.9 Å². The third-order valence-corrected chi connectivity index (χ3v) is 5.74. The van der Waals surface area contributed by atoms with Crippen molar-refractivity contribution in [1.82, 2.24) is 0 Å². The fourth-order valence-electron chi connectivity index (χ4n) is 2.12. The van der Waals surface area contributed by atoms with E-state index in [2.05, 4.69) is 0 Å². The van der Waals surface area contributed by atoms with Crippen LogP contribution in [-0.4, -0.2) is 25.9 Å². The summed E-state index contributed by atoms with van der Waals surface area (Å²) in [6.07, 6.45) is 0.671. The summed E-state index contributed by atoms with van der Waals surface area (Å²) in [6.45, 7) is 0.106. The minimum absolute atomic E-state index is 0.0782. The van der Waals surface area contributed by atoms with Crippen molar-refractivity contribution in [2.75, 3.05) is 11.5 Å². The predicted molar refractivity (Wildman–Crippen MR) is 77.6 cm³/mol. The second-order valence-corrected chi connectivity index (χ2v) is 7.93. The topological polar surface area (TPSA) is 60.4 Å². The molecule has 2 rings (SSSR count). The number of hydrogen-bond donors (Lipinski definition) is 0. The Morgan fingerprint density at radius 2 is 2.05 bits per heavy atom. The Hall–Kier alpha value is -0.780. The number of carbonyl (C=O) groups is 1. The van der Waals surface area contributed by atoms with Gasteiger partial charge in [0, 0.05) is 6.42 Å². The number of sulfone groups is 1. The van der Waals surface area contributed by atoms with Crippen molar-refractivity contribution in [3.8, 4) is 0 Å². The highest BCUT2D eigenvalue weighted by molar-refractivity contribution is 7.91. The summed E-state index contributed by atoms with van der Waals surface area (Å²) in [7, 11) is -2.96. The van der Waals surface area contributed by atoms with Gasteiger partial charge in [-0.3, -0.25) is 4.79 Å². The molecule has 0 aromatic heterocycles. The molecule has 1 aromatic carbocycles. The summed E-state index contributed by atoms with van der Waals surface area (Å²) in [5, 5.41) is 0.847. The molecule has 0 aliphatic carbocycles. The first kappa shape index (κ1) is 15.6. The SMILES string of the molecule is O=C(C[C@@H]1CCS(=O)(=O)C1)OCc1ccc(Cl)c(Cl)c1. The van der Waals surface area contributed by atoms with Gasteiger partial charge in [-0.1, -0.05) is 29.3 Å². The fourth-order valence-corrected chi connectivity index (χ4v) is 4.30. The van der Waals surface area contributed by atoms with Crippen molar-refractivity contribution in [1.29, 1.82) is 0 Å². The quantitative estimate of drug-likeness (QED) is 0.793. The van der Waals surface area contributed by atoms with E-state index >= 15 is 0 Å². The predicted octanol–water partition coefficient (Wildman–Crippen LogP) is 2.86. The second-order valence-electron chi connectivity index (χ2n) is 4.88. The molecular formula is C13H14Cl2O4S. The summed E-state index contributed by atoms with van der Waals surface area (Å²) >= 11 is 11.6. The largest absolute Gasteiger partial charge is 0.461 e. The molecule has 0 saturated carbocycles. The van der Waals surface area contributed by atoms with Gasteiger partial charge in [0.05, 0.1) is 21.6 Å². The molecule has 110 valence electrons. The second kappa shape index (κ2) is 6.33. The lowest BCUT2D eigenvalue weighted by Crippen LogP contribution is -2.13. The molecular weight excluding hydrogens is 323 g/mol. The molecule has 1 atom stereocenters. The van der Waals surface area contributed by atoms with E-state index < -0.39 is 15.8 Å². The monoisotopic (exact) mass is 336 g/mol. The van der Waals surface area contributed by atoms with E-state index in [0.29, 0.717) is 16.5 Å². The van der Waals surface area contributed by atoms with Crippen LogP contribution in [0.5, 0.6) is 0 Å². The standard InChI is InChI=1S/C13H14Cl2O4S/c14-11-2-1-9(5-12(11)15)7-19-13(16)6-10-3-4-20(17,18)8-10/h1-2,5,10H,3-4,6-8H2/t10-/m0/s1. The number of halogens is 2. The number of carbonyl (C=O) groups excluding carboxylic acids is 1. The summed E-state index contributed by atoms with van der Waals surface area (Å²) in [5.74, 6) is -0.272. The molecule has 4 nitrogen and oxygen atoms in total. The first-order valence-electron chi connectivity index (χ1n) is 6.16. The molecule has 1 fully saturated rings. The number of ether oxygens (including phenoxy) is 1. The van der Waals surface area contributed by atoms with Crippen molar-refractivity contribution in [3.63, 3.8) is 0 Å².